The molecule has 0 spiro atoms. The Labute approximate surface area is 185 Å². The molecular weight excluding hydrogens is 420 g/mol. The second-order valence-corrected chi connectivity index (χ2v) is 7.73. The molecule has 1 N–H and O–H groups in total. The Hall–Kier alpha value is -2.96. The number of ether oxygens (including phenoxy) is 2. The van der Waals surface area contributed by atoms with Crippen LogP contribution in [-0.2, 0) is 5.75 Å². The van der Waals surface area contributed by atoms with Gasteiger partial charge in [-0.3, -0.25) is 4.79 Å². The molecular formula is C23H21ClN2O3S. The molecule has 0 aliphatic carbocycles. The van der Waals surface area contributed by atoms with Crippen molar-refractivity contribution in [2.75, 3.05) is 14.2 Å². The molecule has 0 aromatic heterocycles. The average molecular weight is 441 g/mol. The van der Waals surface area contributed by atoms with Gasteiger partial charge < -0.3 is 9.47 Å². The van der Waals surface area contributed by atoms with E-state index in [-0.39, 0.29) is 5.91 Å². The molecule has 0 saturated carbocycles. The zero-order valence-electron chi connectivity index (χ0n) is 16.6. The van der Waals surface area contributed by atoms with Crippen LogP contribution in [0.1, 0.15) is 21.5 Å². The Balaban J connectivity index is 1.55. The van der Waals surface area contributed by atoms with E-state index < -0.39 is 0 Å². The van der Waals surface area contributed by atoms with E-state index in [1.807, 2.05) is 36.4 Å². The van der Waals surface area contributed by atoms with Crippen molar-refractivity contribution < 1.29 is 14.3 Å². The standard InChI is InChI=1S/C23H21ClN2O3S/c1-28-20-10-7-18(22(13-20)29-2)14-25-26-23(27)17-5-3-16(4-6-17)15-30-21-11-8-19(24)9-12-21/h3-14H,15H2,1-2H3,(H,26,27)/b25-14-. The zero-order valence-corrected chi connectivity index (χ0v) is 18.2. The lowest BCUT2D eigenvalue weighted by Gasteiger charge is -2.07. The number of hydrogen-bond donors (Lipinski definition) is 1. The van der Waals surface area contributed by atoms with Gasteiger partial charge in [0.2, 0.25) is 0 Å². The molecule has 0 unspecified atom stereocenters. The van der Waals surface area contributed by atoms with Gasteiger partial charge in [0.25, 0.3) is 5.91 Å². The monoisotopic (exact) mass is 440 g/mol. The maximum atomic E-state index is 12.3. The Morgan fingerprint density at radius 3 is 2.43 bits per heavy atom. The lowest BCUT2D eigenvalue weighted by Crippen LogP contribution is -2.17. The van der Waals surface area contributed by atoms with Gasteiger partial charge in [0, 0.05) is 32.9 Å². The topological polar surface area (TPSA) is 59.9 Å². The first kappa shape index (κ1) is 21.7. The number of methoxy groups -OCH3 is 2. The van der Waals surface area contributed by atoms with Crippen molar-refractivity contribution in [2.45, 2.75) is 10.6 Å². The van der Waals surface area contributed by atoms with E-state index in [1.165, 1.54) is 6.21 Å². The fourth-order valence-corrected chi connectivity index (χ4v) is 3.58. The van der Waals surface area contributed by atoms with Gasteiger partial charge in [0.05, 0.1) is 20.4 Å². The van der Waals surface area contributed by atoms with Crippen molar-refractivity contribution in [3.8, 4) is 11.5 Å². The highest BCUT2D eigenvalue weighted by atomic mass is 35.5. The lowest BCUT2D eigenvalue weighted by atomic mass is 10.1. The fourth-order valence-electron chi connectivity index (χ4n) is 2.60. The van der Waals surface area contributed by atoms with Gasteiger partial charge in [-0.05, 0) is 54.1 Å². The minimum Gasteiger partial charge on any atom is -0.497 e. The highest BCUT2D eigenvalue weighted by molar-refractivity contribution is 7.98. The normalized spacial score (nSPS) is 10.8. The molecule has 0 radical (unpaired) electrons. The van der Waals surface area contributed by atoms with E-state index in [4.69, 9.17) is 21.1 Å². The summed E-state index contributed by atoms with van der Waals surface area (Å²) in [6, 6.07) is 20.5. The fraction of sp³-hybridized carbons (Fsp3) is 0.130. The molecule has 3 aromatic carbocycles. The first-order chi connectivity index (χ1) is 14.6. The summed E-state index contributed by atoms with van der Waals surface area (Å²) in [5.74, 6) is 1.81. The van der Waals surface area contributed by atoms with Gasteiger partial charge in [-0.2, -0.15) is 5.10 Å². The average Bonchev–Trinajstić information content (AvgIpc) is 2.79. The Bertz CT molecular complexity index is 1020. The third kappa shape index (κ3) is 6.02. The highest BCUT2D eigenvalue weighted by Gasteiger charge is 2.06. The molecule has 3 aromatic rings. The van der Waals surface area contributed by atoms with Crippen LogP contribution in [0.5, 0.6) is 11.5 Å². The molecule has 0 fully saturated rings. The number of halogens is 1. The predicted octanol–water partition coefficient (Wildman–Crippen LogP) is 5.41. The van der Waals surface area contributed by atoms with Crippen LogP contribution in [0.15, 0.2) is 76.7 Å². The lowest BCUT2D eigenvalue weighted by molar-refractivity contribution is 0.0955. The number of hydrazone groups is 1. The molecule has 154 valence electrons. The van der Waals surface area contributed by atoms with Crippen LogP contribution < -0.4 is 14.9 Å². The minimum absolute atomic E-state index is 0.282. The smallest absolute Gasteiger partial charge is 0.271 e. The highest BCUT2D eigenvalue weighted by Crippen LogP contribution is 2.25. The quantitative estimate of drug-likeness (QED) is 0.289. The van der Waals surface area contributed by atoms with Crippen LogP contribution >= 0.6 is 23.4 Å². The Kier molecular flexibility index (Phi) is 7.76. The number of amides is 1. The Morgan fingerprint density at radius 2 is 1.77 bits per heavy atom. The molecule has 0 saturated heterocycles. The van der Waals surface area contributed by atoms with Crippen molar-refractivity contribution in [1.29, 1.82) is 0 Å². The molecule has 0 aliphatic heterocycles. The molecule has 1 amide bonds. The van der Waals surface area contributed by atoms with Crippen molar-refractivity contribution in [3.63, 3.8) is 0 Å². The molecule has 7 heteroatoms. The molecule has 0 bridgehead atoms. The van der Waals surface area contributed by atoms with Crippen molar-refractivity contribution in [1.82, 2.24) is 5.43 Å². The van der Waals surface area contributed by atoms with Crippen molar-refractivity contribution in [3.05, 3.63) is 88.4 Å². The zero-order chi connectivity index (χ0) is 21.3. The van der Waals surface area contributed by atoms with Gasteiger partial charge in [0.15, 0.2) is 0 Å². The third-order valence-electron chi connectivity index (χ3n) is 4.25. The first-order valence-electron chi connectivity index (χ1n) is 9.12. The molecule has 0 heterocycles. The maximum absolute atomic E-state index is 12.3. The van der Waals surface area contributed by atoms with Crippen molar-refractivity contribution >= 4 is 35.5 Å². The summed E-state index contributed by atoms with van der Waals surface area (Å²) in [6.45, 7) is 0. The summed E-state index contributed by atoms with van der Waals surface area (Å²) in [7, 11) is 3.15. The van der Waals surface area contributed by atoms with E-state index in [9.17, 15) is 4.79 Å². The second kappa shape index (κ2) is 10.7. The van der Waals surface area contributed by atoms with Crippen LogP contribution in [0.25, 0.3) is 0 Å². The van der Waals surface area contributed by atoms with Crippen LogP contribution in [-0.4, -0.2) is 26.3 Å². The summed E-state index contributed by atoms with van der Waals surface area (Å²) in [5, 5.41) is 4.75. The van der Waals surface area contributed by atoms with Crippen LogP contribution in [0, 0.1) is 0 Å². The predicted molar refractivity (Wildman–Crippen MR) is 122 cm³/mol. The van der Waals surface area contributed by atoms with Crippen molar-refractivity contribution in [2.24, 2.45) is 5.10 Å². The van der Waals surface area contributed by atoms with E-state index in [0.717, 1.165) is 26.8 Å². The number of carbonyl (C=O) groups is 1. The SMILES string of the molecule is COc1ccc(/C=N\NC(=O)c2ccc(CSc3ccc(Cl)cc3)cc2)c(OC)c1. The van der Waals surface area contributed by atoms with Crippen LogP contribution in [0.4, 0.5) is 0 Å². The maximum Gasteiger partial charge on any atom is 0.271 e. The number of thioether (sulfide) groups is 1. The third-order valence-corrected chi connectivity index (χ3v) is 5.58. The summed E-state index contributed by atoms with van der Waals surface area (Å²) in [4.78, 5) is 13.5. The van der Waals surface area contributed by atoms with E-state index >= 15 is 0 Å². The van der Waals surface area contributed by atoms with Gasteiger partial charge in [-0.25, -0.2) is 5.43 Å². The summed E-state index contributed by atoms with van der Waals surface area (Å²) >= 11 is 7.62. The molecule has 30 heavy (non-hydrogen) atoms. The van der Waals surface area contributed by atoms with Gasteiger partial charge >= 0.3 is 0 Å². The molecule has 0 atom stereocenters. The number of benzene rings is 3. The Morgan fingerprint density at radius 1 is 1.03 bits per heavy atom. The van der Waals surface area contributed by atoms with Crippen LogP contribution in [0.3, 0.4) is 0 Å². The van der Waals surface area contributed by atoms with Crippen LogP contribution in [0.2, 0.25) is 5.02 Å². The second-order valence-electron chi connectivity index (χ2n) is 6.25. The van der Waals surface area contributed by atoms with Gasteiger partial charge in [-0.1, -0.05) is 23.7 Å². The number of nitrogens with zero attached hydrogens (tertiary/aromatic N) is 1. The minimum atomic E-state index is -0.282. The molecule has 5 nitrogen and oxygen atoms in total. The summed E-state index contributed by atoms with van der Waals surface area (Å²) in [5.41, 5.74) is 4.93. The summed E-state index contributed by atoms with van der Waals surface area (Å²) in [6.07, 6.45) is 1.54. The van der Waals surface area contributed by atoms with E-state index in [2.05, 4.69) is 10.5 Å². The molecule has 3 rings (SSSR count). The molecule has 0 aliphatic rings. The number of carbonyl (C=O) groups excluding carboxylic acids is 1. The summed E-state index contributed by atoms with van der Waals surface area (Å²) < 4.78 is 10.5. The number of hydrogen-bond acceptors (Lipinski definition) is 5. The van der Waals surface area contributed by atoms with Gasteiger partial charge in [-0.15, -0.1) is 11.8 Å². The number of nitrogens with one attached hydrogen (secondary N) is 1. The van der Waals surface area contributed by atoms with E-state index in [1.54, 1.807) is 56.3 Å². The first-order valence-corrected chi connectivity index (χ1v) is 10.5. The van der Waals surface area contributed by atoms with E-state index in [0.29, 0.717) is 17.1 Å². The largest absolute Gasteiger partial charge is 0.497 e. The van der Waals surface area contributed by atoms with Gasteiger partial charge in [0.1, 0.15) is 11.5 Å². The number of rotatable bonds is 8.